The fourth-order valence-electron chi connectivity index (χ4n) is 5.58. The summed E-state index contributed by atoms with van der Waals surface area (Å²) in [7, 11) is 0. The van der Waals surface area contributed by atoms with Crippen LogP contribution in [0.2, 0.25) is 0 Å². The number of rotatable bonds is 34. The molecule has 0 bridgehead atoms. The molecule has 3 heterocycles. The fourth-order valence-corrected chi connectivity index (χ4v) is 5.58. The van der Waals surface area contributed by atoms with Gasteiger partial charge in [-0.15, -0.1) is 0 Å². The zero-order valence-corrected chi connectivity index (χ0v) is 31.7. The molecule has 3 aliphatic heterocycles. The second-order valence-corrected chi connectivity index (χ2v) is 12.4. The second-order valence-electron chi connectivity index (χ2n) is 12.4. The van der Waals surface area contributed by atoms with Crippen molar-refractivity contribution >= 4 is 5.90 Å². The normalized spacial score (nSPS) is 29.3. The van der Waals surface area contributed by atoms with Crippen LogP contribution in [-0.4, -0.2) is 243 Å². The second kappa shape index (κ2) is 29.9. The fraction of sp³-hybridized carbons (Fsp3) is 0.971. The molecule has 21 nitrogen and oxygen atoms in total. The highest BCUT2D eigenvalue weighted by molar-refractivity contribution is 5.75. The molecule has 0 aromatic heterocycles. The van der Waals surface area contributed by atoms with Crippen molar-refractivity contribution in [1.29, 1.82) is 0 Å². The van der Waals surface area contributed by atoms with Gasteiger partial charge in [0.2, 0.25) is 6.29 Å². The maximum atomic E-state index is 11.3. The molecule has 55 heavy (non-hydrogen) atoms. The van der Waals surface area contributed by atoms with E-state index in [1.54, 1.807) is 6.92 Å². The third-order valence-corrected chi connectivity index (χ3v) is 8.27. The third kappa shape index (κ3) is 18.5. The minimum absolute atomic E-state index is 0.000624. The molecule has 0 aliphatic carbocycles. The molecule has 3 rings (SSSR count). The molecular formula is C34H63NO20. The van der Waals surface area contributed by atoms with Crippen LogP contribution in [0.25, 0.3) is 0 Å². The first-order chi connectivity index (χ1) is 26.9. The van der Waals surface area contributed by atoms with Crippen LogP contribution in [0.15, 0.2) is 4.99 Å². The maximum Gasteiger partial charge on any atom is 0.227 e. The van der Waals surface area contributed by atoms with Gasteiger partial charge in [0.05, 0.1) is 145 Å². The number of fused-ring (bicyclic) bond motifs is 1. The summed E-state index contributed by atoms with van der Waals surface area (Å²) < 4.78 is 77.8. The molecule has 2 saturated heterocycles. The van der Waals surface area contributed by atoms with Crippen LogP contribution in [0.3, 0.4) is 0 Å². The molecule has 10 atom stereocenters. The van der Waals surface area contributed by atoms with Gasteiger partial charge in [-0.2, -0.15) is 0 Å². The SMILES string of the molecule is CC1=N[C@H]2[C@@H](O1)O[C@H](CO)[C@@H](O[C@H]1O[C@@H](COCCOCCOCCOCCOCCO)[C@H](O)[C@@H](OCCOCCOCCOCCOCCO)[C@H]1O)[C@@H]2O. The molecule has 2 fully saturated rings. The Morgan fingerprint density at radius 2 is 0.964 bits per heavy atom. The number of aliphatic imine (C=N–C) groups is 1. The minimum atomic E-state index is -1.52. The highest BCUT2D eigenvalue weighted by atomic mass is 16.7. The van der Waals surface area contributed by atoms with E-state index in [1.165, 1.54) is 0 Å². The van der Waals surface area contributed by atoms with Gasteiger partial charge < -0.3 is 97.0 Å². The minimum Gasteiger partial charge on any atom is -0.450 e. The van der Waals surface area contributed by atoms with E-state index in [-0.39, 0.29) is 66.1 Å². The molecular weight excluding hydrogens is 742 g/mol. The Morgan fingerprint density at radius 3 is 1.44 bits per heavy atom. The molecule has 0 aromatic rings. The van der Waals surface area contributed by atoms with E-state index in [2.05, 4.69) is 4.99 Å². The Bertz CT molecular complexity index is 972. The first-order valence-electron chi connectivity index (χ1n) is 18.8. The van der Waals surface area contributed by atoms with Gasteiger partial charge in [0.1, 0.15) is 48.8 Å². The van der Waals surface area contributed by atoms with Crippen LogP contribution in [0.5, 0.6) is 0 Å². The zero-order valence-electron chi connectivity index (χ0n) is 31.7. The number of ether oxygens (including phenoxy) is 14. The Morgan fingerprint density at radius 1 is 0.509 bits per heavy atom. The molecule has 21 heteroatoms. The lowest BCUT2D eigenvalue weighted by molar-refractivity contribution is -0.346. The quantitative estimate of drug-likeness (QED) is 0.0341. The third-order valence-electron chi connectivity index (χ3n) is 8.27. The van der Waals surface area contributed by atoms with Crippen LogP contribution in [-0.2, 0) is 66.3 Å². The van der Waals surface area contributed by atoms with Crippen molar-refractivity contribution < 1.29 is 97.0 Å². The van der Waals surface area contributed by atoms with Gasteiger partial charge in [-0.3, -0.25) is 0 Å². The van der Waals surface area contributed by atoms with Crippen molar-refractivity contribution in [1.82, 2.24) is 0 Å². The molecule has 0 aromatic carbocycles. The number of hydrogen-bond acceptors (Lipinski definition) is 21. The van der Waals surface area contributed by atoms with Crippen LogP contribution in [0.1, 0.15) is 6.92 Å². The summed E-state index contributed by atoms with van der Waals surface area (Å²) in [6.45, 7) is 6.38. The van der Waals surface area contributed by atoms with Crippen LogP contribution < -0.4 is 0 Å². The van der Waals surface area contributed by atoms with Gasteiger partial charge in [-0.05, 0) is 0 Å². The van der Waals surface area contributed by atoms with E-state index < -0.39 is 68.0 Å². The van der Waals surface area contributed by atoms with Gasteiger partial charge in [0.25, 0.3) is 0 Å². The van der Waals surface area contributed by atoms with E-state index in [0.29, 0.717) is 78.6 Å². The smallest absolute Gasteiger partial charge is 0.227 e. The van der Waals surface area contributed by atoms with Gasteiger partial charge in [-0.25, -0.2) is 4.99 Å². The van der Waals surface area contributed by atoms with E-state index in [9.17, 15) is 20.4 Å². The lowest BCUT2D eigenvalue weighted by Gasteiger charge is -2.46. The molecule has 6 N–H and O–H groups in total. The molecule has 3 aliphatic rings. The Balaban J connectivity index is 1.40. The van der Waals surface area contributed by atoms with Crippen molar-refractivity contribution in [2.75, 3.05) is 145 Å². The maximum absolute atomic E-state index is 11.3. The van der Waals surface area contributed by atoms with E-state index >= 15 is 0 Å². The highest BCUT2D eigenvalue weighted by Crippen LogP contribution is 2.33. The van der Waals surface area contributed by atoms with Gasteiger partial charge in [0, 0.05) is 6.92 Å². The molecule has 0 radical (unpaired) electrons. The average Bonchev–Trinajstić information content (AvgIpc) is 3.57. The molecule has 0 amide bonds. The van der Waals surface area contributed by atoms with Gasteiger partial charge in [0.15, 0.2) is 12.2 Å². The Hall–Kier alpha value is -1.29. The number of hydrogen-bond donors (Lipinski definition) is 6. The van der Waals surface area contributed by atoms with Crippen molar-refractivity contribution in [3.63, 3.8) is 0 Å². The number of nitrogens with zero attached hydrogens (tertiary/aromatic N) is 1. The largest absolute Gasteiger partial charge is 0.450 e. The summed E-state index contributed by atoms with van der Waals surface area (Å²) in [5.74, 6) is 0.313. The first-order valence-corrected chi connectivity index (χ1v) is 18.8. The predicted octanol–water partition coefficient (Wildman–Crippen LogP) is -3.77. The van der Waals surface area contributed by atoms with Crippen molar-refractivity contribution in [2.45, 2.75) is 68.3 Å². The van der Waals surface area contributed by atoms with E-state index in [0.717, 1.165) is 0 Å². The van der Waals surface area contributed by atoms with Gasteiger partial charge >= 0.3 is 0 Å². The summed E-state index contributed by atoms with van der Waals surface area (Å²) in [5.41, 5.74) is 0. The predicted molar refractivity (Wildman–Crippen MR) is 187 cm³/mol. The molecule has 0 unspecified atom stereocenters. The summed E-state index contributed by atoms with van der Waals surface area (Å²) in [5, 5.41) is 61.0. The summed E-state index contributed by atoms with van der Waals surface area (Å²) >= 11 is 0. The average molecular weight is 806 g/mol. The lowest BCUT2D eigenvalue weighted by Crippen LogP contribution is -2.64. The highest BCUT2D eigenvalue weighted by Gasteiger charge is 2.53. The zero-order chi connectivity index (χ0) is 39.5. The summed E-state index contributed by atoms with van der Waals surface area (Å²) in [4.78, 5) is 4.26. The molecule has 0 spiro atoms. The lowest BCUT2D eigenvalue weighted by atomic mass is 9.96. The molecule has 0 saturated carbocycles. The van der Waals surface area contributed by atoms with Crippen LogP contribution in [0.4, 0.5) is 0 Å². The number of aliphatic hydroxyl groups excluding tert-OH is 6. The summed E-state index contributed by atoms with van der Waals surface area (Å²) in [6.07, 6.45) is -10.9. The first kappa shape index (κ1) is 48.1. The molecule has 324 valence electrons. The van der Waals surface area contributed by atoms with Crippen molar-refractivity contribution in [3.8, 4) is 0 Å². The van der Waals surface area contributed by atoms with E-state index in [4.69, 9.17) is 76.5 Å². The van der Waals surface area contributed by atoms with Crippen LogP contribution >= 0.6 is 0 Å². The van der Waals surface area contributed by atoms with E-state index in [1.807, 2.05) is 0 Å². The monoisotopic (exact) mass is 805 g/mol. The van der Waals surface area contributed by atoms with Crippen LogP contribution in [0, 0.1) is 0 Å². The standard InChI is InChI=1S/C34H63NO20/c1-24-35-27-29(40)31(25(22-38)53-33(27)52-24)55-34-30(41)32(51-21-20-49-17-16-47-13-11-45-9-7-43-5-3-37)28(39)26(54-34)23-50-19-18-48-15-14-46-12-10-44-8-6-42-4-2-36/h25-34,36-41H,2-23H2,1H3/t25-,26+,27-,28+,29-,30-,31-,32-,33+,34-/m1/s1. The van der Waals surface area contributed by atoms with Crippen molar-refractivity contribution in [2.24, 2.45) is 4.99 Å². The number of aliphatic hydroxyl groups is 6. The topological polar surface area (TPSA) is 263 Å². The Labute approximate surface area is 321 Å². The summed E-state index contributed by atoms with van der Waals surface area (Å²) in [6, 6.07) is -0.822. The van der Waals surface area contributed by atoms with Crippen molar-refractivity contribution in [3.05, 3.63) is 0 Å². The Kier molecular flexibility index (Phi) is 26.1. The van der Waals surface area contributed by atoms with Gasteiger partial charge in [-0.1, -0.05) is 0 Å².